The maximum atomic E-state index is 12.4. The average molecular weight is 332 g/mol. The first-order valence-electron chi connectivity index (χ1n) is 7.27. The van der Waals surface area contributed by atoms with Gasteiger partial charge in [0.25, 0.3) is 5.56 Å². The molecule has 23 heavy (non-hydrogen) atoms. The lowest BCUT2D eigenvalue weighted by Gasteiger charge is -2.12. The van der Waals surface area contributed by atoms with E-state index in [0.29, 0.717) is 29.4 Å². The van der Waals surface area contributed by atoms with Crippen LogP contribution >= 0.6 is 11.6 Å². The maximum Gasteiger partial charge on any atom is 0.331 e. The number of halogens is 1. The van der Waals surface area contributed by atoms with E-state index in [1.54, 1.807) is 24.3 Å². The Labute approximate surface area is 137 Å². The summed E-state index contributed by atoms with van der Waals surface area (Å²) in [5.74, 6) is 0.490. The van der Waals surface area contributed by atoms with Gasteiger partial charge in [-0.1, -0.05) is 23.7 Å². The van der Waals surface area contributed by atoms with Crippen LogP contribution in [0.25, 0.3) is 0 Å². The molecule has 1 aliphatic heterocycles. The average Bonchev–Trinajstić information content (AvgIpc) is 3.02. The van der Waals surface area contributed by atoms with E-state index in [4.69, 9.17) is 16.3 Å². The standard InChI is InChI=1S/C16H14ClN3O3/c17-12-4-1-2-6-14(12)23-9-8-20-15(21)11(10-18)13-5-3-7-19(13)16(20)22/h1-2,4,6H,3,5,7-9H2. The van der Waals surface area contributed by atoms with Gasteiger partial charge in [-0.25, -0.2) is 4.79 Å². The van der Waals surface area contributed by atoms with Crippen LogP contribution in [-0.2, 0) is 19.5 Å². The number of fused-ring (bicyclic) bond motifs is 1. The summed E-state index contributed by atoms with van der Waals surface area (Å²) in [5, 5.41) is 9.67. The fourth-order valence-corrected chi connectivity index (χ4v) is 2.95. The molecular weight excluding hydrogens is 318 g/mol. The molecule has 0 bridgehead atoms. The third kappa shape index (κ3) is 2.76. The molecule has 1 aromatic carbocycles. The number of nitrogens with zero attached hydrogens (tertiary/aromatic N) is 3. The molecule has 2 heterocycles. The van der Waals surface area contributed by atoms with Crippen LogP contribution in [0.3, 0.4) is 0 Å². The van der Waals surface area contributed by atoms with E-state index >= 15 is 0 Å². The molecule has 0 spiro atoms. The first kappa shape index (κ1) is 15.4. The summed E-state index contributed by atoms with van der Waals surface area (Å²) >= 11 is 5.99. The van der Waals surface area contributed by atoms with E-state index in [2.05, 4.69) is 0 Å². The zero-order valence-corrected chi connectivity index (χ0v) is 13.0. The molecular formula is C16H14ClN3O3. The zero-order chi connectivity index (χ0) is 16.4. The fourth-order valence-electron chi connectivity index (χ4n) is 2.75. The number of para-hydroxylation sites is 1. The van der Waals surface area contributed by atoms with Crippen molar-refractivity contribution in [2.75, 3.05) is 6.61 Å². The SMILES string of the molecule is N#Cc1c2n(c(=O)n(CCOc3ccccc3Cl)c1=O)CCC2. The van der Waals surface area contributed by atoms with Crippen molar-refractivity contribution in [2.45, 2.75) is 25.9 Å². The van der Waals surface area contributed by atoms with Gasteiger partial charge in [0, 0.05) is 12.2 Å². The largest absolute Gasteiger partial charge is 0.490 e. The molecule has 0 radical (unpaired) electrons. The van der Waals surface area contributed by atoms with Crippen LogP contribution in [0, 0.1) is 11.3 Å². The van der Waals surface area contributed by atoms with Crippen LogP contribution in [0.5, 0.6) is 5.75 Å². The number of rotatable bonds is 4. The Hall–Kier alpha value is -2.52. The molecule has 0 aliphatic carbocycles. The van der Waals surface area contributed by atoms with Crippen molar-refractivity contribution < 1.29 is 4.74 Å². The monoisotopic (exact) mass is 331 g/mol. The lowest BCUT2D eigenvalue weighted by Crippen LogP contribution is -2.42. The highest BCUT2D eigenvalue weighted by Gasteiger charge is 2.22. The second kappa shape index (κ2) is 6.31. The number of ether oxygens (including phenoxy) is 1. The Morgan fingerprint density at radius 1 is 1.30 bits per heavy atom. The first-order valence-corrected chi connectivity index (χ1v) is 7.65. The first-order chi connectivity index (χ1) is 11.1. The van der Waals surface area contributed by atoms with Crippen molar-refractivity contribution in [3.63, 3.8) is 0 Å². The molecule has 0 unspecified atom stereocenters. The Kier molecular flexibility index (Phi) is 4.22. The van der Waals surface area contributed by atoms with Crippen LogP contribution in [0.15, 0.2) is 33.9 Å². The molecule has 0 saturated carbocycles. The Balaban J connectivity index is 1.87. The van der Waals surface area contributed by atoms with Gasteiger partial charge in [0.2, 0.25) is 0 Å². The predicted octanol–water partition coefficient (Wildman–Crippen LogP) is 1.56. The predicted molar refractivity (Wildman–Crippen MR) is 84.9 cm³/mol. The molecule has 0 saturated heterocycles. The summed E-state index contributed by atoms with van der Waals surface area (Å²) in [6, 6.07) is 8.90. The highest BCUT2D eigenvalue weighted by Crippen LogP contribution is 2.22. The van der Waals surface area contributed by atoms with Crippen LogP contribution < -0.4 is 16.0 Å². The molecule has 0 amide bonds. The van der Waals surface area contributed by atoms with Gasteiger partial charge in [-0.05, 0) is 25.0 Å². The molecule has 1 aromatic heterocycles. The number of nitriles is 1. The van der Waals surface area contributed by atoms with E-state index in [1.165, 1.54) is 4.57 Å². The third-order valence-electron chi connectivity index (χ3n) is 3.85. The van der Waals surface area contributed by atoms with E-state index < -0.39 is 5.56 Å². The van der Waals surface area contributed by atoms with Crippen LogP contribution in [0.4, 0.5) is 0 Å². The van der Waals surface area contributed by atoms with Gasteiger partial charge < -0.3 is 4.74 Å². The van der Waals surface area contributed by atoms with Gasteiger partial charge in [-0.15, -0.1) is 0 Å². The summed E-state index contributed by atoms with van der Waals surface area (Å²) in [7, 11) is 0. The van der Waals surface area contributed by atoms with Crippen LogP contribution in [-0.4, -0.2) is 15.7 Å². The van der Waals surface area contributed by atoms with Crippen LogP contribution in [0.2, 0.25) is 5.02 Å². The number of hydrogen-bond donors (Lipinski definition) is 0. The second-order valence-electron chi connectivity index (χ2n) is 5.21. The third-order valence-corrected chi connectivity index (χ3v) is 4.16. The zero-order valence-electron chi connectivity index (χ0n) is 12.3. The molecule has 7 heteroatoms. The quantitative estimate of drug-likeness (QED) is 0.852. The van der Waals surface area contributed by atoms with Crippen molar-refractivity contribution in [3.8, 4) is 11.8 Å². The van der Waals surface area contributed by atoms with Crippen molar-refractivity contribution >= 4 is 11.6 Å². The van der Waals surface area contributed by atoms with Crippen molar-refractivity contribution in [2.24, 2.45) is 0 Å². The lowest BCUT2D eigenvalue weighted by atomic mass is 10.2. The summed E-state index contributed by atoms with van der Waals surface area (Å²) in [6.07, 6.45) is 1.35. The van der Waals surface area contributed by atoms with Gasteiger partial charge in [0.05, 0.1) is 11.6 Å². The summed E-state index contributed by atoms with van der Waals surface area (Å²) < 4.78 is 8.09. The Morgan fingerprint density at radius 2 is 2.09 bits per heavy atom. The van der Waals surface area contributed by atoms with E-state index in [0.717, 1.165) is 11.0 Å². The fraction of sp³-hybridized carbons (Fsp3) is 0.312. The molecule has 1 aliphatic rings. The molecule has 0 atom stereocenters. The smallest absolute Gasteiger partial charge is 0.331 e. The molecule has 3 rings (SSSR count). The summed E-state index contributed by atoms with van der Waals surface area (Å²) in [4.78, 5) is 24.7. The molecule has 6 nitrogen and oxygen atoms in total. The van der Waals surface area contributed by atoms with Crippen LogP contribution in [0.1, 0.15) is 17.7 Å². The van der Waals surface area contributed by atoms with Crippen molar-refractivity contribution in [1.29, 1.82) is 5.26 Å². The number of aromatic nitrogens is 2. The van der Waals surface area contributed by atoms with Gasteiger partial charge in [0.15, 0.2) is 0 Å². The second-order valence-corrected chi connectivity index (χ2v) is 5.61. The lowest BCUT2D eigenvalue weighted by molar-refractivity contribution is 0.292. The normalized spacial score (nSPS) is 12.7. The minimum absolute atomic E-state index is 0.0554. The number of benzene rings is 1. The number of hydrogen-bond acceptors (Lipinski definition) is 4. The summed E-state index contributed by atoms with van der Waals surface area (Å²) in [6.45, 7) is 0.718. The van der Waals surface area contributed by atoms with Crippen molar-refractivity contribution in [3.05, 3.63) is 61.4 Å². The topological polar surface area (TPSA) is 77.0 Å². The highest BCUT2D eigenvalue weighted by atomic mass is 35.5. The highest BCUT2D eigenvalue weighted by molar-refractivity contribution is 6.32. The Morgan fingerprint density at radius 3 is 2.83 bits per heavy atom. The van der Waals surface area contributed by atoms with Crippen molar-refractivity contribution in [1.82, 2.24) is 9.13 Å². The Bertz CT molecular complexity index is 908. The molecule has 0 N–H and O–H groups in total. The molecule has 2 aromatic rings. The van der Waals surface area contributed by atoms with E-state index in [1.807, 2.05) is 6.07 Å². The molecule has 118 valence electrons. The maximum absolute atomic E-state index is 12.4. The van der Waals surface area contributed by atoms with Gasteiger partial charge in [0.1, 0.15) is 24.0 Å². The van der Waals surface area contributed by atoms with Gasteiger partial charge in [-0.3, -0.25) is 13.9 Å². The van der Waals surface area contributed by atoms with E-state index in [-0.39, 0.29) is 24.4 Å². The summed E-state index contributed by atoms with van der Waals surface area (Å²) in [5.41, 5.74) is -0.330. The van der Waals surface area contributed by atoms with E-state index in [9.17, 15) is 14.9 Å². The minimum atomic E-state index is -0.548. The van der Waals surface area contributed by atoms with Gasteiger partial charge >= 0.3 is 5.69 Å². The molecule has 0 fully saturated rings. The van der Waals surface area contributed by atoms with Gasteiger partial charge in [-0.2, -0.15) is 5.26 Å². The minimum Gasteiger partial charge on any atom is -0.490 e.